The van der Waals surface area contributed by atoms with Gasteiger partial charge in [-0.1, -0.05) is 54.1 Å². The Bertz CT molecular complexity index is 732. The van der Waals surface area contributed by atoms with Gasteiger partial charge in [0.25, 0.3) is 0 Å². The molecule has 1 aromatic heterocycles. The molecule has 0 bridgehead atoms. The van der Waals surface area contributed by atoms with Crippen LogP contribution in [0.3, 0.4) is 0 Å². The van der Waals surface area contributed by atoms with Crippen molar-refractivity contribution in [2.45, 2.75) is 6.92 Å². The molecule has 1 nitrogen and oxygen atoms in total. The molecule has 0 aliphatic carbocycles. The fraction of sp³-hybridized carbons (Fsp3) is 0.0556. The molecule has 0 spiro atoms. The summed E-state index contributed by atoms with van der Waals surface area (Å²) in [7, 11) is 0. The van der Waals surface area contributed by atoms with Crippen molar-refractivity contribution in [3.63, 3.8) is 0 Å². The van der Waals surface area contributed by atoms with Crippen molar-refractivity contribution in [2.24, 2.45) is 0 Å². The minimum absolute atomic E-state index is 0.434. The van der Waals surface area contributed by atoms with E-state index in [1.165, 1.54) is 16.7 Å². The lowest BCUT2D eigenvalue weighted by Gasteiger charge is -2.06. The number of hydrogen-bond acceptors (Lipinski definition) is 1. The third kappa shape index (κ3) is 2.55. The average Bonchev–Trinajstić information content (AvgIpc) is 2.48. The lowest BCUT2D eigenvalue weighted by Crippen LogP contribution is -1.84. The fourth-order valence-corrected chi connectivity index (χ4v) is 2.17. The van der Waals surface area contributed by atoms with E-state index in [1.54, 1.807) is 12.3 Å². The second kappa shape index (κ2) is 5.07. The van der Waals surface area contributed by atoms with E-state index in [2.05, 4.69) is 48.3 Å². The average molecular weight is 246 g/mol. The van der Waals surface area contributed by atoms with Crippen LogP contribution >= 0.6 is 0 Å². The van der Waals surface area contributed by atoms with Crippen molar-refractivity contribution in [3.8, 4) is 22.4 Å². The molecular formula is C18H15N. The van der Waals surface area contributed by atoms with Gasteiger partial charge in [0, 0.05) is 11.8 Å². The predicted octanol–water partition coefficient (Wildman–Crippen LogP) is 4.72. The van der Waals surface area contributed by atoms with Gasteiger partial charge in [0.2, 0.25) is 0 Å². The number of aromatic nitrogens is 1. The Kier molecular flexibility index (Phi) is 2.80. The standard InChI is InChI=1S/C18H15N/c1-14-6-4-7-15(12-14)16-8-5-9-17(13-16)18-10-2-3-11-19-18/h2-13H,1H3/i3D. The first-order valence-corrected chi connectivity index (χ1v) is 6.32. The summed E-state index contributed by atoms with van der Waals surface area (Å²) >= 11 is 0. The molecule has 2 aromatic carbocycles. The largest absolute Gasteiger partial charge is 0.256 e. The Morgan fingerprint density at radius 2 is 1.58 bits per heavy atom. The van der Waals surface area contributed by atoms with Crippen molar-refractivity contribution in [1.29, 1.82) is 0 Å². The van der Waals surface area contributed by atoms with E-state index < -0.39 is 0 Å². The molecule has 0 N–H and O–H groups in total. The van der Waals surface area contributed by atoms with Crippen molar-refractivity contribution in [3.05, 3.63) is 78.5 Å². The number of pyridine rings is 1. The topological polar surface area (TPSA) is 12.9 Å². The first kappa shape index (κ1) is 10.5. The number of hydrogen-bond donors (Lipinski definition) is 0. The van der Waals surface area contributed by atoms with Crippen molar-refractivity contribution in [2.75, 3.05) is 0 Å². The maximum Gasteiger partial charge on any atom is 0.0702 e. The molecule has 0 atom stereocenters. The minimum atomic E-state index is 0.434. The number of rotatable bonds is 2. The van der Waals surface area contributed by atoms with Crippen LogP contribution in [0.5, 0.6) is 0 Å². The van der Waals surface area contributed by atoms with Crippen molar-refractivity contribution < 1.29 is 1.37 Å². The van der Waals surface area contributed by atoms with E-state index in [9.17, 15) is 0 Å². The highest BCUT2D eigenvalue weighted by Crippen LogP contribution is 2.25. The zero-order valence-electron chi connectivity index (χ0n) is 11.8. The van der Waals surface area contributed by atoms with Crippen LogP contribution < -0.4 is 0 Å². The normalized spacial score (nSPS) is 11.1. The van der Waals surface area contributed by atoms with Gasteiger partial charge in [-0.25, -0.2) is 0 Å². The van der Waals surface area contributed by atoms with Crippen LogP contribution in [-0.4, -0.2) is 4.98 Å². The molecule has 0 unspecified atom stereocenters. The molecular weight excluding hydrogens is 230 g/mol. The summed E-state index contributed by atoms with van der Waals surface area (Å²) in [6.07, 6.45) is 1.58. The number of benzene rings is 2. The molecule has 0 fully saturated rings. The molecule has 1 heteroatoms. The summed E-state index contributed by atoms with van der Waals surface area (Å²) in [5.41, 5.74) is 5.62. The van der Waals surface area contributed by atoms with Gasteiger partial charge in [0.1, 0.15) is 0 Å². The van der Waals surface area contributed by atoms with Gasteiger partial charge in [-0.05, 0) is 36.2 Å². The molecule has 0 aliphatic rings. The van der Waals surface area contributed by atoms with Crippen LogP contribution in [-0.2, 0) is 0 Å². The Labute approximate surface area is 115 Å². The summed E-state index contributed by atoms with van der Waals surface area (Å²) in [6, 6.07) is 20.9. The van der Waals surface area contributed by atoms with Gasteiger partial charge >= 0.3 is 0 Å². The highest BCUT2D eigenvalue weighted by molar-refractivity contribution is 5.71. The van der Waals surface area contributed by atoms with Crippen molar-refractivity contribution in [1.82, 2.24) is 4.98 Å². The third-order valence-corrected chi connectivity index (χ3v) is 3.13. The number of aryl methyl sites for hydroxylation is 1. The van der Waals surface area contributed by atoms with Crippen LogP contribution in [0.2, 0.25) is 0 Å². The Morgan fingerprint density at radius 1 is 0.842 bits per heavy atom. The van der Waals surface area contributed by atoms with Gasteiger partial charge in [0.05, 0.1) is 7.06 Å². The number of nitrogens with zero attached hydrogens (tertiary/aromatic N) is 1. The van der Waals surface area contributed by atoms with Gasteiger partial charge in [-0.15, -0.1) is 0 Å². The highest BCUT2D eigenvalue weighted by atomic mass is 14.7. The Hall–Kier alpha value is -2.41. The summed E-state index contributed by atoms with van der Waals surface area (Å²) in [6.45, 7) is 2.10. The highest BCUT2D eigenvalue weighted by Gasteiger charge is 2.02. The molecule has 0 amide bonds. The van der Waals surface area contributed by atoms with Crippen LogP contribution in [0.1, 0.15) is 6.93 Å². The zero-order valence-corrected chi connectivity index (χ0v) is 10.8. The molecule has 0 radical (unpaired) electrons. The van der Waals surface area contributed by atoms with E-state index >= 15 is 0 Å². The van der Waals surface area contributed by atoms with Crippen LogP contribution in [0.25, 0.3) is 22.4 Å². The smallest absolute Gasteiger partial charge is 0.0702 e. The lowest BCUT2D eigenvalue weighted by atomic mass is 10.0. The van der Waals surface area contributed by atoms with Crippen LogP contribution in [0.15, 0.2) is 72.9 Å². The van der Waals surface area contributed by atoms with E-state index in [0.717, 1.165) is 11.3 Å². The van der Waals surface area contributed by atoms with Crippen LogP contribution in [0.4, 0.5) is 0 Å². The summed E-state index contributed by atoms with van der Waals surface area (Å²) in [5, 5.41) is 0. The molecule has 3 rings (SSSR count). The predicted molar refractivity (Wildman–Crippen MR) is 79.8 cm³/mol. The zero-order chi connectivity index (χ0) is 13.9. The molecule has 0 aliphatic heterocycles. The third-order valence-electron chi connectivity index (χ3n) is 3.13. The second-order valence-electron chi connectivity index (χ2n) is 4.59. The fourth-order valence-electron chi connectivity index (χ4n) is 2.17. The second-order valence-corrected chi connectivity index (χ2v) is 4.59. The maximum absolute atomic E-state index is 7.49. The maximum atomic E-state index is 7.49. The Balaban J connectivity index is 2.03. The lowest BCUT2D eigenvalue weighted by molar-refractivity contribution is 1.33. The monoisotopic (exact) mass is 246 g/mol. The van der Waals surface area contributed by atoms with Crippen molar-refractivity contribution >= 4 is 0 Å². The molecule has 0 saturated carbocycles. The van der Waals surface area contributed by atoms with Gasteiger partial charge in [0.15, 0.2) is 0 Å². The molecule has 92 valence electrons. The van der Waals surface area contributed by atoms with E-state index in [1.807, 2.05) is 18.2 Å². The summed E-state index contributed by atoms with van der Waals surface area (Å²) in [5.74, 6) is 0. The Morgan fingerprint density at radius 3 is 2.32 bits per heavy atom. The first-order chi connectivity index (χ1) is 9.72. The van der Waals surface area contributed by atoms with Gasteiger partial charge < -0.3 is 0 Å². The quantitative estimate of drug-likeness (QED) is 0.637. The SMILES string of the molecule is [2H]c1ccc(-c2cccc(-c3cccc(C)c3)c2)nc1. The van der Waals surface area contributed by atoms with Crippen LogP contribution in [0, 0.1) is 6.92 Å². The van der Waals surface area contributed by atoms with E-state index in [-0.39, 0.29) is 0 Å². The summed E-state index contributed by atoms with van der Waals surface area (Å²) in [4.78, 5) is 4.31. The van der Waals surface area contributed by atoms with Gasteiger partial charge in [-0.3, -0.25) is 4.98 Å². The molecule has 1 heterocycles. The minimum Gasteiger partial charge on any atom is -0.256 e. The van der Waals surface area contributed by atoms with Gasteiger partial charge in [-0.2, -0.15) is 0 Å². The molecule has 19 heavy (non-hydrogen) atoms. The summed E-state index contributed by atoms with van der Waals surface area (Å²) < 4.78 is 7.49. The molecule has 0 saturated heterocycles. The van der Waals surface area contributed by atoms with E-state index in [0.29, 0.717) is 6.04 Å². The van der Waals surface area contributed by atoms with E-state index in [4.69, 9.17) is 1.37 Å². The first-order valence-electron chi connectivity index (χ1n) is 6.82. The molecule has 3 aromatic rings.